The minimum absolute atomic E-state index is 0.0386. The number of thioether (sulfide) groups is 1. The van der Waals surface area contributed by atoms with Gasteiger partial charge in [0.1, 0.15) is 5.75 Å². The van der Waals surface area contributed by atoms with Crippen molar-refractivity contribution < 1.29 is 4.74 Å². The van der Waals surface area contributed by atoms with Crippen molar-refractivity contribution in [1.29, 1.82) is 0 Å². The van der Waals surface area contributed by atoms with Gasteiger partial charge in [0.25, 0.3) is 5.56 Å². The number of benzene rings is 2. The fourth-order valence-corrected chi connectivity index (χ4v) is 3.63. The van der Waals surface area contributed by atoms with Gasteiger partial charge < -0.3 is 4.74 Å². The standard InChI is InChI=1S/C19H17NO2S/c1-23-14-7-4-6-13(12-14)20-17-10-3-2-8-15(17)18-16(19(20)21)9-5-11-22-18/h2-4,6-8,10,12H,5,9,11H2,1H3. The largest absolute Gasteiger partial charge is 0.492 e. The van der Waals surface area contributed by atoms with Crippen LogP contribution in [-0.4, -0.2) is 17.4 Å². The Morgan fingerprint density at radius 1 is 1.13 bits per heavy atom. The van der Waals surface area contributed by atoms with Crippen molar-refractivity contribution in [3.63, 3.8) is 0 Å². The average molecular weight is 323 g/mol. The third-order valence-corrected chi connectivity index (χ3v) is 4.98. The fraction of sp³-hybridized carbons (Fsp3) is 0.211. The maximum absolute atomic E-state index is 13.1. The molecule has 0 fully saturated rings. The minimum Gasteiger partial charge on any atom is -0.492 e. The molecule has 0 N–H and O–H groups in total. The molecule has 0 radical (unpaired) electrons. The van der Waals surface area contributed by atoms with Crippen molar-refractivity contribution in [1.82, 2.24) is 4.57 Å². The predicted octanol–water partition coefficient (Wildman–Crippen LogP) is 4.04. The summed E-state index contributed by atoms with van der Waals surface area (Å²) >= 11 is 1.68. The number of hydrogen-bond donors (Lipinski definition) is 0. The van der Waals surface area contributed by atoms with Crippen molar-refractivity contribution in [3.05, 3.63) is 64.4 Å². The topological polar surface area (TPSA) is 31.2 Å². The highest BCUT2D eigenvalue weighted by Crippen LogP contribution is 2.32. The van der Waals surface area contributed by atoms with Gasteiger partial charge in [-0.25, -0.2) is 0 Å². The van der Waals surface area contributed by atoms with Gasteiger partial charge in [0.2, 0.25) is 0 Å². The van der Waals surface area contributed by atoms with E-state index in [-0.39, 0.29) is 5.56 Å². The molecule has 3 nitrogen and oxygen atoms in total. The number of rotatable bonds is 2. The molecule has 116 valence electrons. The summed E-state index contributed by atoms with van der Waals surface area (Å²) in [5.74, 6) is 0.772. The summed E-state index contributed by atoms with van der Waals surface area (Å²) in [6, 6.07) is 16.1. The molecular formula is C19H17NO2S. The van der Waals surface area contributed by atoms with Gasteiger partial charge in [0.15, 0.2) is 0 Å². The number of nitrogens with zero attached hydrogens (tertiary/aromatic N) is 1. The van der Waals surface area contributed by atoms with Crippen LogP contribution in [0.3, 0.4) is 0 Å². The van der Waals surface area contributed by atoms with Gasteiger partial charge in [-0.3, -0.25) is 9.36 Å². The average Bonchev–Trinajstić information content (AvgIpc) is 2.62. The lowest BCUT2D eigenvalue weighted by Gasteiger charge is -2.21. The van der Waals surface area contributed by atoms with Crippen LogP contribution in [0.4, 0.5) is 0 Å². The van der Waals surface area contributed by atoms with Gasteiger partial charge >= 0.3 is 0 Å². The molecule has 0 aliphatic carbocycles. The maximum atomic E-state index is 13.1. The van der Waals surface area contributed by atoms with Crippen LogP contribution >= 0.6 is 11.8 Å². The van der Waals surface area contributed by atoms with Crippen molar-refractivity contribution in [3.8, 4) is 11.4 Å². The minimum atomic E-state index is 0.0386. The molecule has 3 aromatic rings. The molecule has 0 atom stereocenters. The van der Waals surface area contributed by atoms with Gasteiger partial charge in [-0.05, 0) is 49.4 Å². The summed E-state index contributed by atoms with van der Waals surface area (Å²) in [6.07, 6.45) is 3.72. The molecule has 2 aromatic carbocycles. The number of ether oxygens (including phenoxy) is 1. The van der Waals surface area contributed by atoms with Crippen LogP contribution in [0.2, 0.25) is 0 Å². The molecule has 0 spiro atoms. The van der Waals surface area contributed by atoms with E-state index in [2.05, 4.69) is 12.1 Å². The second-order valence-electron chi connectivity index (χ2n) is 5.62. The molecule has 0 unspecified atom stereocenters. The first-order valence-corrected chi connectivity index (χ1v) is 8.96. The predicted molar refractivity (Wildman–Crippen MR) is 95.1 cm³/mol. The van der Waals surface area contributed by atoms with E-state index in [1.807, 2.05) is 47.2 Å². The van der Waals surface area contributed by atoms with Crippen LogP contribution in [0, 0.1) is 0 Å². The first kappa shape index (κ1) is 14.4. The fourth-order valence-electron chi connectivity index (χ4n) is 3.18. The van der Waals surface area contributed by atoms with E-state index in [0.29, 0.717) is 6.61 Å². The van der Waals surface area contributed by atoms with E-state index in [1.54, 1.807) is 11.8 Å². The Labute approximate surface area is 138 Å². The van der Waals surface area contributed by atoms with E-state index in [0.717, 1.165) is 45.6 Å². The molecule has 1 aromatic heterocycles. The lowest BCUT2D eigenvalue weighted by atomic mass is 10.0. The van der Waals surface area contributed by atoms with Gasteiger partial charge in [-0.1, -0.05) is 18.2 Å². The van der Waals surface area contributed by atoms with Crippen molar-refractivity contribution >= 4 is 22.7 Å². The van der Waals surface area contributed by atoms with Crippen LogP contribution in [0.25, 0.3) is 16.6 Å². The molecule has 4 rings (SSSR count). The number of para-hydroxylation sites is 1. The first-order chi connectivity index (χ1) is 11.3. The molecule has 23 heavy (non-hydrogen) atoms. The molecular weight excluding hydrogens is 306 g/mol. The normalized spacial score (nSPS) is 13.6. The van der Waals surface area contributed by atoms with E-state index in [4.69, 9.17) is 4.74 Å². The molecule has 4 heteroatoms. The number of aromatic nitrogens is 1. The SMILES string of the molecule is CSc1cccc(-n2c(=O)c3c(c4ccccc42)OCCC3)c1. The Balaban J connectivity index is 2.10. The smallest absolute Gasteiger partial charge is 0.262 e. The molecule has 1 aliphatic rings. The quantitative estimate of drug-likeness (QED) is 0.667. The Kier molecular flexibility index (Phi) is 3.62. The van der Waals surface area contributed by atoms with Gasteiger partial charge in [-0.15, -0.1) is 11.8 Å². The highest BCUT2D eigenvalue weighted by molar-refractivity contribution is 7.98. The van der Waals surface area contributed by atoms with Crippen LogP contribution < -0.4 is 10.3 Å². The Morgan fingerprint density at radius 2 is 2.00 bits per heavy atom. The maximum Gasteiger partial charge on any atom is 0.262 e. The van der Waals surface area contributed by atoms with E-state index >= 15 is 0 Å². The van der Waals surface area contributed by atoms with E-state index < -0.39 is 0 Å². The summed E-state index contributed by atoms with van der Waals surface area (Å²) in [6.45, 7) is 0.683. The van der Waals surface area contributed by atoms with Crippen LogP contribution in [0.15, 0.2) is 58.2 Å². The zero-order valence-corrected chi connectivity index (χ0v) is 13.7. The van der Waals surface area contributed by atoms with Gasteiger partial charge in [0, 0.05) is 10.3 Å². The Hall–Kier alpha value is -2.20. The number of fused-ring (bicyclic) bond motifs is 3. The lowest BCUT2D eigenvalue weighted by Crippen LogP contribution is -2.26. The summed E-state index contributed by atoms with van der Waals surface area (Å²) < 4.78 is 7.66. The summed E-state index contributed by atoms with van der Waals surface area (Å²) in [7, 11) is 0. The number of hydrogen-bond acceptors (Lipinski definition) is 3. The van der Waals surface area contributed by atoms with Crippen LogP contribution in [0.1, 0.15) is 12.0 Å². The second kappa shape index (κ2) is 5.78. The molecule has 0 bridgehead atoms. The van der Waals surface area contributed by atoms with Crippen LogP contribution in [-0.2, 0) is 6.42 Å². The van der Waals surface area contributed by atoms with E-state index in [9.17, 15) is 4.79 Å². The van der Waals surface area contributed by atoms with E-state index in [1.165, 1.54) is 0 Å². The van der Waals surface area contributed by atoms with Crippen molar-refractivity contribution in [2.75, 3.05) is 12.9 Å². The third kappa shape index (κ3) is 2.34. The zero-order valence-electron chi connectivity index (χ0n) is 12.9. The summed E-state index contributed by atoms with van der Waals surface area (Å²) in [5, 5.41) is 1.01. The molecule has 0 amide bonds. The Morgan fingerprint density at radius 3 is 2.87 bits per heavy atom. The first-order valence-electron chi connectivity index (χ1n) is 7.73. The highest BCUT2D eigenvalue weighted by Gasteiger charge is 2.21. The molecule has 1 aliphatic heterocycles. The molecule has 0 saturated heterocycles. The van der Waals surface area contributed by atoms with Crippen LogP contribution in [0.5, 0.6) is 5.75 Å². The molecule has 2 heterocycles. The van der Waals surface area contributed by atoms with Crippen molar-refractivity contribution in [2.45, 2.75) is 17.7 Å². The lowest BCUT2D eigenvalue weighted by molar-refractivity contribution is 0.290. The second-order valence-corrected chi connectivity index (χ2v) is 6.50. The zero-order chi connectivity index (χ0) is 15.8. The molecule has 0 saturated carbocycles. The highest BCUT2D eigenvalue weighted by atomic mass is 32.2. The van der Waals surface area contributed by atoms with Gasteiger partial charge in [-0.2, -0.15) is 0 Å². The summed E-state index contributed by atoms with van der Waals surface area (Å²) in [5.41, 5.74) is 2.64. The third-order valence-electron chi connectivity index (χ3n) is 4.25. The number of pyridine rings is 1. The summed E-state index contributed by atoms with van der Waals surface area (Å²) in [4.78, 5) is 14.2. The monoisotopic (exact) mass is 323 g/mol. The van der Waals surface area contributed by atoms with Gasteiger partial charge in [0.05, 0.1) is 23.4 Å². The van der Waals surface area contributed by atoms with Crippen molar-refractivity contribution in [2.24, 2.45) is 0 Å². The Bertz CT molecular complexity index is 946.